The minimum atomic E-state index is 1.05. The molecule has 0 aromatic heterocycles. The number of hydrogen-bond donors (Lipinski definition) is 0. The molecule has 10 aromatic rings. The highest BCUT2D eigenvalue weighted by molar-refractivity contribution is 9.10. The highest BCUT2D eigenvalue weighted by Crippen LogP contribution is 2.45. The summed E-state index contributed by atoms with van der Waals surface area (Å²) in [5.41, 5.74) is 13.4. The van der Waals surface area contributed by atoms with Crippen LogP contribution in [0.5, 0.6) is 0 Å². The summed E-state index contributed by atoms with van der Waals surface area (Å²) in [4.78, 5) is 4.79. The van der Waals surface area contributed by atoms with Crippen LogP contribution in [-0.4, -0.2) is 0 Å². The van der Waals surface area contributed by atoms with E-state index in [0.717, 1.165) is 49.7 Å². The molecule has 0 aliphatic heterocycles. The molecule has 0 atom stereocenters. The fourth-order valence-corrected chi connectivity index (χ4v) is 8.32. The molecule has 0 bridgehead atoms. The van der Waals surface area contributed by atoms with Crippen molar-refractivity contribution in [1.82, 2.24) is 0 Å². The smallest absolute Gasteiger partial charge is 0.0488 e. The summed E-state index contributed by atoms with van der Waals surface area (Å²) in [5, 5.41) is 4.80. The van der Waals surface area contributed by atoms with E-state index in [9.17, 15) is 0 Å². The summed E-state index contributed by atoms with van der Waals surface area (Å²) in [6.45, 7) is 0. The van der Waals surface area contributed by atoms with Crippen molar-refractivity contribution >= 4 is 71.6 Å². The lowest BCUT2D eigenvalue weighted by Crippen LogP contribution is -2.14. The molecule has 280 valence electrons. The number of benzene rings is 10. The molecule has 0 amide bonds. The lowest BCUT2D eigenvalue weighted by molar-refractivity contribution is 1.25. The first kappa shape index (κ1) is 36.2. The van der Waals surface area contributed by atoms with E-state index in [1.165, 1.54) is 43.8 Å². The van der Waals surface area contributed by atoms with Crippen LogP contribution in [0, 0.1) is 0 Å². The Labute approximate surface area is 354 Å². The lowest BCUT2D eigenvalue weighted by atomic mass is 10.0. The van der Waals surface area contributed by atoms with Gasteiger partial charge in [0, 0.05) is 38.6 Å². The summed E-state index contributed by atoms with van der Waals surface area (Å²) >= 11 is 3.68. The van der Waals surface area contributed by atoms with Crippen molar-refractivity contribution in [3.05, 3.63) is 241 Å². The number of halogens is 1. The molecule has 0 saturated carbocycles. The fraction of sp³-hybridized carbons (Fsp3) is 0. The summed E-state index contributed by atoms with van der Waals surface area (Å²) in [6.07, 6.45) is 0. The Balaban J connectivity index is 1.20. The van der Waals surface area contributed by atoms with Crippen molar-refractivity contribution < 1.29 is 0 Å². The zero-order chi connectivity index (χ0) is 39.5. The highest BCUT2D eigenvalue weighted by atomic mass is 79.9. The minimum absolute atomic E-state index is 1.05. The number of fused-ring (bicyclic) bond motifs is 2. The molecule has 0 radical (unpaired) electrons. The average molecular weight is 820 g/mol. The Kier molecular flexibility index (Phi) is 9.79. The van der Waals surface area contributed by atoms with Crippen LogP contribution >= 0.6 is 15.9 Å². The number of anilines is 6. The normalized spacial score (nSPS) is 11.1. The van der Waals surface area contributed by atoms with E-state index in [1.807, 2.05) is 0 Å². The minimum Gasteiger partial charge on any atom is -0.310 e. The Hall–Kier alpha value is -7.20. The molecule has 0 aliphatic carbocycles. The van der Waals surface area contributed by atoms with Gasteiger partial charge in [0.2, 0.25) is 0 Å². The van der Waals surface area contributed by atoms with Crippen LogP contribution in [0.15, 0.2) is 241 Å². The number of nitrogens with zero attached hydrogens (tertiary/aromatic N) is 2. The second-order valence-electron chi connectivity index (χ2n) is 14.8. The predicted octanol–water partition coefficient (Wildman–Crippen LogP) is 16.7. The van der Waals surface area contributed by atoms with Gasteiger partial charge in [-0.3, -0.25) is 0 Å². The molecule has 0 saturated heterocycles. The van der Waals surface area contributed by atoms with Gasteiger partial charge in [-0.1, -0.05) is 174 Å². The summed E-state index contributed by atoms with van der Waals surface area (Å²) < 4.78 is 1.05. The molecule has 59 heavy (non-hydrogen) atoms. The zero-order valence-electron chi connectivity index (χ0n) is 32.3. The quantitative estimate of drug-likeness (QED) is 0.143. The molecular formula is C56H39BrN2. The molecule has 2 nitrogen and oxygen atoms in total. The standard InChI is InChI=1S/C56H39BrN2/c57-50-27-19-46(20-28-50)49-37-55(58(53-33-25-42-15-7-9-17-47(42)35-53)51-29-21-44(22-30-51)40-11-3-1-4-12-40)39-56(38-49)59(54-34-26-43-16-8-10-18-48(43)36-54)52-31-23-45(24-32-52)41-13-5-2-6-14-41/h1-39H. The van der Waals surface area contributed by atoms with Crippen molar-refractivity contribution in [2.24, 2.45) is 0 Å². The summed E-state index contributed by atoms with van der Waals surface area (Å²) in [5.74, 6) is 0. The van der Waals surface area contributed by atoms with Crippen LogP contribution in [0.3, 0.4) is 0 Å². The van der Waals surface area contributed by atoms with Crippen LogP contribution in [0.2, 0.25) is 0 Å². The highest BCUT2D eigenvalue weighted by Gasteiger charge is 2.20. The molecule has 0 aliphatic rings. The summed E-state index contributed by atoms with van der Waals surface area (Å²) in [7, 11) is 0. The van der Waals surface area contributed by atoms with E-state index in [0.29, 0.717) is 0 Å². The Morgan fingerprint density at radius 2 is 0.559 bits per heavy atom. The van der Waals surface area contributed by atoms with E-state index < -0.39 is 0 Å². The van der Waals surface area contributed by atoms with Gasteiger partial charge in [0.1, 0.15) is 0 Å². The molecule has 10 aromatic carbocycles. The van der Waals surface area contributed by atoms with Crippen molar-refractivity contribution in [3.63, 3.8) is 0 Å². The number of rotatable bonds is 9. The maximum absolute atomic E-state index is 3.68. The van der Waals surface area contributed by atoms with Gasteiger partial charge in [-0.25, -0.2) is 0 Å². The van der Waals surface area contributed by atoms with E-state index in [4.69, 9.17) is 0 Å². The van der Waals surface area contributed by atoms with Gasteiger partial charge in [0.15, 0.2) is 0 Å². The molecule has 0 heterocycles. The molecule has 0 spiro atoms. The third-order valence-corrected chi connectivity index (χ3v) is 11.6. The van der Waals surface area contributed by atoms with Gasteiger partial charge in [-0.2, -0.15) is 0 Å². The fourth-order valence-electron chi connectivity index (χ4n) is 8.06. The van der Waals surface area contributed by atoms with E-state index in [2.05, 4.69) is 262 Å². The second-order valence-corrected chi connectivity index (χ2v) is 15.7. The first-order chi connectivity index (χ1) is 29.1. The maximum atomic E-state index is 3.68. The zero-order valence-corrected chi connectivity index (χ0v) is 33.9. The first-order valence-corrected chi connectivity index (χ1v) is 20.7. The SMILES string of the molecule is Brc1ccc(-c2cc(N(c3ccc(-c4ccccc4)cc3)c3ccc4ccccc4c3)cc(N(c3ccc(-c4ccccc4)cc3)c3ccc4ccccc4c3)c2)cc1. The van der Waals surface area contributed by atoms with Gasteiger partial charge < -0.3 is 9.80 Å². The maximum Gasteiger partial charge on any atom is 0.0488 e. The van der Waals surface area contributed by atoms with Crippen molar-refractivity contribution in [2.45, 2.75) is 0 Å². The van der Waals surface area contributed by atoms with Crippen molar-refractivity contribution in [2.75, 3.05) is 9.80 Å². The summed E-state index contributed by atoms with van der Waals surface area (Å²) in [6, 6.07) is 85.4. The third kappa shape index (κ3) is 7.52. The Morgan fingerprint density at radius 1 is 0.220 bits per heavy atom. The van der Waals surface area contributed by atoms with Gasteiger partial charge in [0.05, 0.1) is 0 Å². The molecule has 10 rings (SSSR count). The molecule has 3 heteroatoms. The van der Waals surface area contributed by atoms with E-state index in [-0.39, 0.29) is 0 Å². The van der Waals surface area contributed by atoms with Crippen molar-refractivity contribution in [1.29, 1.82) is 0 Å². The van der Waals surface area contributed by atoms with Crippen LogP contribution < -0.4 is 9.80 Å². The van der Waals surface area contributed by atoms with Gasteiger partial charge >= 0.3 is 0 Å². The van der Waals surface area contributed by atoms with Crippen LogP contribution in [-0.2, 0) is 0 Å². The molecule has 0 unspecified atom stereocenters. The van der Waals surface area contributed by atoms with E-state index in [1.54, 1.807) is 0 Å². The van der Waals surface area contributed by atoms with Crippen LogP contribution in [0.1, 0.15) is 0 Å². The topological polar surface area (TPSA) is 6.48 Å². The molecule has 0 fully saturated rings. The largest absolute Gasteiger partial charge is 0.310 e. The van der Waals surface area contributed by atoms with Crippen LogP contribution in [0.25, 0.3) is 54.9 Å². The third-order valence-electron chi connectivity index (χ3n) is 11.0. The first-order valence-electron chi connectivity index (χ1n) is 19.9. The average Bonchev–Trinajstić information content (AvgIpc) is 3.30. The van der Waals surface area contributed by atoms with E-state index >= 15 is 0 Å². The predicted molar refractivity (Wildman–Crippen MR) is 255 cm³/mol. The second kappa shape index (κ2) is 16.0. The Morgan fingerprint density at radius 3 is 1.00 bits per heavy atom. The monoisotopic (exact) mass is 818 g/mol. The Bertz CT molecular complexity index is 2850. The number of hydrogen-bond acceptors (Lipinski definition) is 2. The van der Waals surface area contributed by atoms with Gasteiger partial charge in [0.25, 0.3) is 0 Å². The van der Waals surface area contributed by atoms with Gasteiger partial charge in [-0.05, 0) is 134 Å². The molecule has 0 N–H and O–H groups in total. The molecular weight excluding hydrogens is 781 g/mol. The lowest BCUT2D eigenvalue weighted by Gasteiger charge is -2.31. The van der Waals surface area contributed by atoms with Crippen LogP contribution in [0.4, 0.5) is 34.1 Å². The van der Waals surface area contributed by atoms with Gasteiger partial charge in [-0.15, -0.1) is 0 Å². The van der Waals surface area contributed by atoms with Crippen molar-refractivity contribution in [3.8, 4) is 33.4 Å².